The fourth-order valence-electron chi connectivity index (χ4n) is 1.62. The number of unbranched alkanes of at least 4 members (excludes halogenated alkanes) is 1. The molecule has 0 unspecified atom stereocenters. The first-order valence-corrected chi connectivity index (χ1v) is 7.38. The van der Waals surface area contributed by atoms with Crippen molar-refractivity contribution in [3.8, 4) is 18.1 Å². The third-order valence-electron chi connectivity index (χ3n) is 2.61. The summed E-state index contributed by atoms with van der Waals surface area (Å²) in [4.78, 5) is 0. The maximum absolute atomic E-state index is 6.22. The quantitative estimate of drug-likeness (QED) is 0.608. The molecule has 2 nitrogen and oxygen atoms in total. The van der Waals surface area contributed by atoms with Gasteiger partial charge in [-0.25, -0.2) is 0 Å². The van der Waals surface area contributed by atoms with Crippen LogP contribution in [0.4, 0.5) is 0 Å². The van der Waals surface area contributed by atoms with Crippen LogP contribution in [0.1, 0.15) is 39.2 Å². The van der Waals surface area contributed by atoms with Gasteiger partial charge in [0.25, 0.3) is 0 Å². The number of rotatable bonds is 6. The Morgan fingerprint density at radius 2 is 2.00 bits per heavy atom. The Morgan fingerprint density at radius 1 is 1.30 bits per heavy atom. The summed E-state index contributed by atoms with van der Waals surface area (Å²) in [6.07, 6.45) is 6.73. The predicted molar refractivity (Wildman–Crippen MR) is 86.6 cm³/mol. The second kappa shape index (κ2) is 7.78. The van der Waals surface area contributed by atoms with E-state index in [9.17, 15) is 0 Å². The average Bonchev–Trinajstić information content (AvgIpc) is 2.33. The lowest BCUT2D eigenvalue weighted by molar-refractivity contribution is 0.307. The predicted octanol–water partition coefficient (Wildman–Crippen LogP) is 4.67. The number of nitrogens with one attached hydrogen (secondary N) is 1. The van der Waals surface area contributed by atoms with Gasteiger partial charge in [0, 0.05) is 29.1 Å². The highest BCUT2D eigenvalue weighted by atomic mass is 35.5. The first kappa shape index (κ1) is 17.2. The van der Waals surface area contributed by atoms with E-state index in [-0.39, 0.29) is 5.54 Å². The van der Waals surface area contributed by atoms with E-state index in [2.05, 4.69) is 32.0 Å². The fourth-order valence-corrected chi connectivity index (χ4v) is 2.21. The summed E-state index contributed by atoms with van der Waals surface area (Å²) in [6, 6.07) is 3.57. The maximum atomic E-state index is 6.22. The van der Waals surface area contributed by atoms with Crippen LogP contribution in [0, 0.1) is 12.3 Å². The van der Waals surface area contributed by atoms with Crippen molar-refractivity contribution in [2.45, 2.75) is 45.7 Å². The Morgan fingerprint density at radius 3 is 2.60 bits per heavy atom. The van der Waals surface area contributed by atoms with E-state index in [1.165, 1.54) is 0 Å². The van der Waals surface area contributed by atoms with Crippen molar-refractivity contribution < 1.29 is 4.74 Å². The van der Waals surface area contributed by atoms with Crippen LogP contribution in [0.2, 0.25) is 10.0 Å². The van der Waals surface area contributed by atoms with Crippen LogP contribution in [0.3, 0.4) is 0 Å². The normalized spacial score (nSPS) is 11.2. The number of hydrogen-bond acceptors (Lipinski definition) is 2. The molecule has 4 heteroatoms. The lowest BCUT2D eigenvalue weighted by atomic mass is 10.1. The van der Waals surface area contributed by atoms with Crippen molar-refractivity contribution in [3.63, 3.8) is 0 Å². The highest BCUT2D eigenvalue weighted by Crippen LogP contribution is 2.33. The van der Waals surface area contributed by atoms with Crippen LogP contribution in [-0.2, 0) is 6.54 Å². The Labute approximate surface area is 131 Å². The molecule has 1 N–H and O–H groups in total. The molecule has 0 saturated heterocycles. The van der Waals surface area contributed by atoms with Crippen molar-refractivity contribution in [1.82, 2.24) is 5.32 Å². The zero-order valence-corrected chi connectivity index (χ0v) is 13.7. The number of terminal acetylenes is 1. The van der Waals surface area contributed by atoms with Crippen molar-refractivity contribution in [2.75, 3.05) is 6.61 Å². The summed E-state index contributed by atoms with van der Waals surface area (Å²) in [5.74, 6) is 3.28. The van der Waals surface area contributed by atoms with Gasteiger partial charge in [-0.3, -0.25) is 0 Å². The summed E-state index contributed by atoms with van der Waals surface area (Å²) >= 11 is 12.3. The SMILES string of the molecule is C#CCCCOc1c(Cl)cc(Cl)cc1CNC(C)(C)C. The second-order valence-corrected chi connectivity index (χ2v) is 6.48. The van der Waals surface area contributed by atoms with Gasteiger partial charge in [0.1, 0.15) is 5.75 Å². The maximum Gasteiger partial charge on any atom is 0.142 e. The van der Waals surface area contributed by atoms with Gasteiger partial charge in [0.2, 0.25) is 0 Å². The molecule has 0 amide bonds. The van der Waals surface area contributed by atoms with Gasteiger partial charge in [-0.1, -0.05) is 23.2 Å². The van der Waals surface area contributed by atoms with Crippen LogP contribution < -0.4 is 10.1 Å². The van der Waals surface area contributed by atoms with E-state index in [1.807, 2.05) is 6.07 Å². The molecule has 0 aliphatic carbocycles. The summed E-state index contributed by atoms with van der Waals surface area (Å²) in [6.45, 7) is 7.51. The number of hydrogen-bond donors (Lipinski definition) is 1. The molecule has 1 rings (SSSR count). The Kier molecular flexibility index (Phi) is 6.68. The molecule has 0 saturated carbocycles. The van der Waals surface area contributed by atoms with E-state index in [1.54, 1.807) is 6.07 Å². The molecule has 1 aromatic carbocycles. The van der Waals surface area contributed by atoms with Crippen molar-refractivity contribution in [2.24, 2.45) is 0 Å². The van der Waals surface area contributed by atoms with Crippen LogP contribution >= 0.6 is 23.2 Å². The Bertz CT molecular complexity index is 486. The highest BCUT2D eigenvalue weighted by Gasteiger charge is 2.14. The molecular weight excluding hydrogens is 293 g/mol. The molecule has 110 valence electrons. The summed E-state index contributed by atoms with van der Waals surface area (Å²) in [7, 11) is 0. The minimum atomic E-state index is 0.00946. The summed E-state index contributed by atoms with van der Waals surface area (Å²) in [5, 5.41) is 4.54. The molecular formula is C16H21Cl2NO. The number of benzene rings is 1. The van der Waals surface area contributed by atoms with E-state index >= 15 is 0 Å². The fraction of sp³-hybridized carbons (Fsp3) is 0.500. The first-order valence-electron chi connectivity index (χ1n) is 6.62. The van der Waals surface area contributed by atoms with Gasteiger partial charge in [-0.2, -0.15) is 0 Å². The highest BCUT2D eigenvalue weighted by molar-refractivity contribution is 6.35. The van der Waals surface area contributed by atoms with Crippen molar-refractivity contribution in [3.05, 3.63) is 27.7 Å². The monoisotopic (exact) mass is 313 g/mol. The molecule has 0 bridgehead atoms. The summed E-state index contributed by atoms with van der Waals surface area (Å²) in [5.41, 5.74) is 0.966. The minimum absolute atomic E-state index is 0.00946. The van der Waals surface area contributed by atoms with Crippen LogP contribution in [0.5, 0.6) is 5.75 Å². The summed E-state index contributed by atoms with van der Waals surface area (Å²) < 4.78 is 5.76. The lowest BCUT2D eigenvalue weighted by Crippen LogP contribution is -2.35. The molecule has 1 aromatic rings. The first-order chi connectivity index (χ1) is 9.33. The molecule has 0 aliphatic heterocycles. The van der Waals surface area contributed by atoms with Gasteiger partial charge in [0.15, 0.2) is 0 Å². The molecule has 0 atom stereocenters. The third kappa shape index (κ3) is 6.05. The Balaban J connectivity index is 2.82. The van der Waals surface area contributed by atoms with Gasteiger partial charge in [-0.05, 0) is 39.3 Å². The van der Waals surface area contributed by atoms with Gasteiger partial charge in [-0.15, -0.1) is 12.3 Å². The second-order valence-electron chi connectivity index (χ2n) is 5.64. The molecule has 0 fully saturated rings. The average molecular weight is 314 g/mol. The largest absolute Gasteiger partial charge is 0.492 e. The van der Waals surface area contributed by atoms with Crippen molar-refractivity contribution >= 4 is 23.2 Å². The zero-order valence-electron chi connectivity index (χ0n) is 12.2. The van der Waals surface area contributed by atoms with Crippen LogP contribution in [0.15, 0.2) is 12.1 Å². The lowest BCUT2D eigenvalue weighted by Gasteiger charge is -2.22. The molecule has 20 heavy (non-hydrogen) atoms. The third-order valence-corrected chi connectivity index (χ3v) is 3.11. The van der Waals surface area contributed by atoms with Gasteiger partial charge < -0.3 is 10.1 Å². The molecule has 0 spiro atoms. The number of ether oxygens (including phenoxy) is 1. The molecule has 0 radical (unpaired) electrons. The van der Waals surface area contributed by atoms with Crippen molar-refractivity contribution in [1.29, 1.82) is 0 Å². The molecule has 0 aliphatic rings. The molecule has 0 aromatic heterocycles. The van der Waals surface area contributed by atoms with Crippen LogP contribution in [0.25, 0.3) is 0 Å². The standard InChI is InChI=1S/C16H21Cl2NO/c1-5-6-7-8-20-15-12(11-19-16(2,3)4)9-13(17)10-14(15)18/h1,9-10,19H,6-8,11H2,2-4H3. The van der Waals surface area contributed by atoms with E-state index in [4.69, 9.17) is 34.4 Å². The van der Waals surface area contributed by atoms with Gasteiger partial charge in [0.05, 0.1) is 11.6 Å². The van der Waals surface area contributed by atoms with E-state index in [0.717, 1.165) is 12.0 Å². The Hall–Kier alpha value is -0.880. The van der Waals surface area contributed by atoms with E-state index < -0.39 is 0 Å². The minimum Gasteiger partial charge on any atom is -0.492 e. The smallest absolute Gasteiger partial charge is 0.142 e. The zero-order chi connectivity index (χ0) is 15.2. The number of halogens is 2. The topological polar surface area (TPSA) is 21.3 Å². The van der Waals surface area contributed by atoms with E-state index in [0.29, 0.717) is 35.4 Å². The van der Waals surface area contributed by atoms with Gasteiger partial charge >= 0.3 is 0 Å². The molecule has 0 heterocycles. The van der Waals surface area contributed by atoms with Crippen LogP contribution in [-0.4, -0.2) is 12.1 Å².